The predicted octanol–water partition coefficient (Wildman–Crippen LogP) is 2.61. The Morgan fingerprint density at radius 1 is 1.18 bits per heavy atom. The number of aliphatic carboxylic acids is 1. The van der Waals surface area contributed by atoms with Crippen LogP contribution in [-0.2, 0) is 17.6 Å². The van der Waals surface area contributed by atoms with Crippen molar-refractivity contribution in [1.29, 1.82) is 0 Å². The zero-order valence-electron chi connectivity index (χ0n) is 12.5. The molecule has 0 aliphatic carbocycles. The van der Waals surface area contributed by atoms with Crippen molar-refractivity contribution >= 4 is 11.9 Å². The fraction of sp³-hybridized carbons (Fsp3) is 0.294. The summed E-state index contributed by atoms with van der Waals surface area (Å²) in [7, 11) is 0. The van der Waals surface area contributed by atoms with Crippen LogP contribution in [0.2, 0.25) is 0 Å². The van der Waals surface area contributed by atoms with Gasteiger partial charge in [-0.1, -0.05) is 37.3 Å². The Bertz CT molecular complexity index is 633. The molecule has 0 unspecified atom stereocenters. The highest BCUT2D eigenvalue weighted by molar-refractivity contribution is 5.96. The molecule has 5 heteroatoms. The fourth-order valence-electron chi connectivity index (χ4n) is 2.30. The van der Waals surface area contributed by atoms with Gasteiger partial charge in [-0.2, -0.15) is 0 Å². The van der Waals surface area contributed by atoms with Gasteiger partial charge < -0.3 is 14.4 Å². The smallest absolute Gasteiger partial charge is 0.323 e. The van der Waals surface area contributed by atoms with Gasteiger partial charge in [0.1, 0.15) is 12.3 Å². The van der Waals surface area contributed by atoms with E-state index >= 15 is 0 Å². The normalized spacial score (nSPS) is 10.4. The van der Waals surface area contributed by atoms with Crippen LogP contribution >= 0.6 is 0 Å². The average Bonchev–Trinajstić information content (AvgIpc) is 3.00. The van der Waals surface area contributed by atoms with E-state index in [1.54, 1.807) is 6.07 Å². The van der Waals surface area contributed by atoms with Crippen molar-refractivity contribution in [2.24, 2.45) is 0 Å². The second-order valence-electron chi connectivity index (χ2n) is 4.97. The molecule has 0 aliphatic heterocycles. The van der Waals surface area contributed by atoms with E-state index in [0.717, 1.165) is 5.56 Å². The van der Waals surface area contributed by atoms with Crippen LogP contribution in [0, 0.1) is 0 Å². The number of furan rings is 1. The summed E-state index contributed by atoms with van der Waals surface area (Å²) in [6, 6.07) is 11.3. The van der Waals surface area contributed by atoms with Gasteiger partial charge in [-0.3, -0.25) is 9.59 Å². The minimum absolute atomic E-state index is 0.302. The fourth-order valence-corrected chi connectivity index (χ4v) is 2.30. The van der Waals surface area contributed by atoms with Crippen molar-refractivity contribution < 1.29 is 19.1 Å². The van der Waals surface area contributed by atoms with Crippen molar-refractivity contribution in [3.63, 3.8) is 0 Å². The summed E-state index contributed by atoms with van der Waals surface area (Å²) >= 11 is 0. The monoisotopic (exact) mass is 301 g/mol. The van der Waals surface area contributed by atoms with Crippen molar-refractivity contribution in [2.45, 2.75) is 19.8 Å². The predicted molar refractivity (Wildman–Crippen MR) is 81.8 cm³/mol. The highest BCUT2D eigenvalue weighted by atomic mass is 16.4. The number of hydrogen-bond donors (Lipinski definition) is 1. The first-order chi connectivity index (χ1) is 10.6. The Morgan fingerprint density at radius 2 is 1.91 bits per heavy atom. The molecule has 0 spiro atoms. The van der Waals surface area contributed by atoms with Gasteiger partial charge in [0.15, 0.2) is 0 Å². The zero-order chi connectivity index (χ0) is 15.9. The minimum atomic E-state index is -1.03. The van der Waals surface area contributed by atoms with Crippen LogP contribution in [0.5, 0.6) is 0 Å². The van der Waals surface area contributed by atoms with Crippen LogP contribution in [0.15, 0.2) is 47.1 Å². The Kier molecular flexibility index (Phi) is 5.36. The summed E-state index contributed by atoms with van der Waals surface area (Å²) in [4.78, 5) is 24.9. The molecule has 2 rings (SSSR count). The lowest BCUT2D eigenvalue weighted by Gasteiger charge is -2.20. The first kappa shape index (κ1) is 15.8. The molecule has 5 nitrogen and oxygen atoms in total. The number of carboxylic acids is 1. The van der Waals surface area contributed by atoms with Gasteiger partial charge in [-0.15, -0.1) is 0 Å². The first-order valence-corrected chi connectivity index (χ1v) is 7.23. The second kappa shape index (κ2) is 7.45. The molecule has 22 heavy (non-hydrogen) atoms. The number of carboxylic acid groups (broad SMARTS) is 1. The summed E-state index contributed by atoms with van der Waals surface area (Å²) in [5, 5.41) is 9.04. The standard InChI is InChI=1S/C17H19NO4/c1-2-15-14(9-11-22-15)17(21)18(12-16(19)20)10-8-13-6-4-3-5-7-13/h3-7,9,11H,2,8,10,12H2,1H3,(H,19,20). The van der Waals surface area contributed by atoms with Crippen LogP contribution in [0.25, 0.3) is 0 Å². The SMILES string of the molecule is CCc1occc1C(=O)N(CCc1ccccc1)CC(=O)O. The van der Waals surface area contributed by atoms with E-state index in [2.05, 4.69) is 0 Å². The van der Waals surface area contributed by atoms with Crippen LogP contribution in [0.4, 0.5) is 0 Å². The number of nitrogens with zero attached hydrogens (tertiary/aromatic N) is 1. The molecule has 1 aromatic heterocycles. The van der Waals surface area contributed by atoms with E-state index < -0.39 is 5.97 Å². The topological polar surface area (TPSA) is 70.8 Å². The number of benzene rings is 1. The maximum absolute atomic E-state index is 12.5. The molecule has 1 amide bonds. The van der Waals surface area contributed by atoms with Gasteiger partial charge in [0, 0.05) is 13.0 Å². The Balaban J connectivity index is 2.11. The average molecular weight is 301 g/mol. The van der Waals surface area contributed by atoms with E-state index in [1.165, 1.54) is 11.2 Å². The van der Waals surface area contributed by atoms with Crippen molar-refractivity contribution in [3.05, 3.63) is 59.5 Å². The molecule has 0 radical (unpaired) electrons. The Hall–Kier alpha value is -2.56. The summed E-state index contributed by atoms with van der Waals surface area (Å²) < 4.78 is 5.26. The number of carbonyl (C=O) groups is 2. The van der Waals surface area contributed by atoms with Crippen molar-refractivity contribution in [1.82, 2.24) is 4.90 Å². The molecule has 0 aliphatic rings. The Labute approximate surface area is 129 Å². The van der Waals surface area contributed by atoms with Crippen LogP contribution < -0.4 is 0 Å². The number of carbonyl (C=O) groups excluding carboxylic acids is 1. The summed E-state index contributed by atoms with van der Waals surface area (Å²) in [5.41, 5.74) is 1.51. The third kappa shape index (κ3) is 3.97. The lowest BCUT2D eigenvalue weighted by atomic mass is 10.1. The van der Waals surface area contributed by atoms with Crippen molar-refractivity contribution in [3.8, 4) is 0 Å². The van der Waals surface area contributed by atoms with Gasteiger partial charge in [-0.25, -0.2) is 0 Å². The molecule has 1 aromatic carbocycles. The molecular formula is C17H19NO4. The molecule has 0 fully saturated rings. The number of aryl methyl sites for hydroxylation is 1. The van der Waals surface area contributed by atoms with E-state index in [9.17, 15) is 9.59 Å². The molecule has 2 aromatic rings. The van der Waals surface area contributed by atoms with Crippen LogP contribution in [0.3, 0.4) is 0 Å². The quantitative estimate of drug-likeness (QED) is 0.853. The maximum Gasteiger partial charge on any atom is 0.323 e. The van der Waals surface area contributed by atoms with E-state index in [1.807, 2.05) is 37.3 Å². The summed E-state index contributed by atoms with van der Waals surface area (Å²) in [5.74, 6) is -0.744. The third-order valence-corrected chi connectivity index (χ3v) is 3.42. The van der Waals surface area contributed by atoms with E-state index in [4.69, 9.17) is 9.52 Å². The summed E-state index contributed by atoms with van der Waals surface area (Å²) in [6.45, 7) is 1.92. The molecule has 0 bridgehead atoms. The number of hydrogen-bond acceptors (Lipinski definition) is 3. The van der Waals surface area contributed by atoms with E-state index in [0.29, 0.717) is 30.7 Å². The first-order valence-electron chi connectivity index (χ1n) is 7.23. The molecule has 0 saturated heterocycles. The summed E-state index contributed by atoms with van der Waals surface area (Å²) in [6.07, 6.45) is 2.66. The highest BCUT2D eigenvalue weighted by Gasteiger charge is 2.22. The number of rotatable bonds is 7. The van der Waals surface area contributed by atoms with Crippen LogP contribution in [-0.4, -0.2) is 35.0 Å². The highest BCUT2D eigenvalue weighted by Crippen LogP contribution is 2.14. The molecule has 1 N–H and O–H groups in total. The molecule has 116 valence electrons. The molecule has 1 heterocycles. The molecule has 0 saturated carbocycles. The van der Waals surface area contributed by atoms with Gasteiger partial charge in [0.2, 0.25) is 0 Å². The van der Waals surface area contributed by atoms with Gasteiger partial charge in [0.25, 0.3) is 5.91 Å². The lowest BCUT2D eigenvalue weighted by Crippen LogP contribution is -2.37. The van der Waals surface area contributed by atoms with E-state index in [-0.39, 0.29) is 12.5 Å². The molecule has 0 atom stereocenters. The third-order valence-electron chi connectivity index (χ3n) is 3.42. The lowest BCUT2D eigenvalue weighted by molar-refractivity contribution is -0.137. The van der Waals surface area contributed by atoms with Crippen molar-refractivity contribution in [2.75, 3.05) is 13.1 Å². The Morgan fingerprint density at radius 3 is 2.55 bits per heavy atom. The van der Waals surface area contributed by atoms with Crippen LogP contribution in [0.1, 0.15) is 28.6 Å². The van der Waals surface area contributed by atoms with Gasteiger partial charge in [0.05, 0.1) is 11.8 Å². The maximum atomic E-state index is 12.5. The second-order valence-corrected chi connectivity index (χ2v) is 4.97. The molecular weight excluding hydrogens is 282 g/mol. The van der Waals surface area contributed by atoms with Gasteiger partial charge in [-0.05, 0) is 18.1 Å². The minimum Gasteiger partial charge on any atom is -0.480 e. The number of amides is 1. The van der Waals surface area contributed by atoms with Gasteiger partial charge >= 0.3 is 5.97 Å². The zero-order valence-corrected chi connectivity index (χ0v) is 12.5. The largest absolute Gasteiger partial charge is 0.480 e.